The van der Waals surface area contributed by atoms with Gasteiger partial charge in [-0.05, 0) is 35.9 Å². The summed E-state index contributed by atoms with van der Waals surface area (Å²) < 4.78 is 33.2. The van der Waals surface area contributed by atoms with Crippen LogP contribution < -0.4 is 4.72 Å². The quantitative estimate of drug-likeness (QED) is 0.374. The lowest BCUT2D eigenvalue weighted by atomic mass is 10.2. The fourth-order valence-electron chi connectivity index (χ4n) is 2.44. The van der Waals surface area contributed by atoms with E-state index < -0.39 is 28.4 Å². The number of carbonyl (C=O) groups excluding carboxylic acids is 2. The number of nitrogens with one attached hydrogen (secondary N) is 1. The van der Waals surface area contributed by atoms with Crippen LogP contribution in [0, 0.1) is 0 Å². The van der Waals surface area contributed by atoms with Crippen LogP contribution >= 0.6 is 34.5 Å². The maximum absolute atomic E-state index is 12.6. The van der Waals surface area contributed by atoms with Gasteiger partial charge in [0.2, 0.25) is 15.8 Å². The summed E-state index contributed by atoms with van der Waals surface area (Å²) in [5.74, 6) is -1.26. The summed E-state index contributed by atoms with van der Waals surface area (Å²) in [6.07, 6.45) is 0. The lowest BCUT2D eigenvalue weighted by Gasteiger charge is -2.10. The second kappa shape index (κ2) is 9.72. The van der Waals surface area contributed by atoms with Gasteiger partial charge in [-0.25, -0.2) is 17.9 Å². The van der Waals surface area contributed by atoms with Crippen molar-refractivity contribution in [1.82, 2.24) is 4.72 Å². The molecule has 0 saturated carbocycles. The van der Waals surface area contributed by atoms with Crippen LogP contribution in [0.4, 0.5) is 0 Å². The first-order valence-corrected chi connectivity index (χ1v) is 11.6. The summed E-state index contributed by atoms with van der Waals surface area (Å²) in [6.45, 7) is -0.432. The normalized spacial score (nSPS) is 11.3. The number of halogens is 2. The van der Waals surface area contributed by atoms with Gasteiger partial charge in [-0.2, -0.15) is 0 Å². The molecule has 0 bridgehead atoms. The van der Waals surface area contributed by atoms with E-state index in [0.29, 0.717) is 9.21 Å². The number of hydrogen-bond donors (Lipinski definition) is 1. The molecule has 0 aliphatic rings. The Balaban J connectivity index is 1.70. The highest BCUT2D eigenvalue weighted by molar-refractivity contribution is 7.89. The molecule has 2 aromatic carbocycles. The summed E-state index contributed by atoms with van der Waals surface area (Å²) in [7, 11) is -3.99. The maximum atomic E-state index is 12.6. The van der Waals surface area contributed by atoms with Crippen molar-refractivity contribution in [3.05, 3.63) is 86.0 Å². The molecule has 30 heavy (non-hydrogen) atoms. The zero-order valence-electron chi connectivity index (χ0n) is 15.3. The Labute approximate surface area is 187 Å². The second-order valence-corrected chi connectivity index (χ2v) is 9.92. The van der Waals surface area contributed by atoms with Gasteiger partial charge in [0.05, 0.1) is 19.8 Å². The predicted molar refractivity (Wildman–Crippen MR) is 116 cm³/mol. The third-order valence-electron chi connectivity index (χ3n) is 3.95. The van der Waals surface area contributed by atoms with Gasteiger partial charge < -0.3 is 4.74 Å². The van der Waals surface area contributed by atoms with Gasteiger partial charge in [0, 0.05) is 6.54 Å². The highest BCUT2D eigenvalue weighted by Crippen LogP contribution is 2.24. The van der Waals surface area contributed by atoms with E-state index in [1.54, 1.807) is 30.3 Å². The average molecular weight is 484 g/mol. The van der Waals surface area contributed by atoms with E-state index in [2.05, 4.69) is 4.72 Å². The summed E-state index contributed by atoms with van der Waals surface area (Å²) >= 11 is 12.9. The molecular weight excluding hydrogens is 469 g/mol. The first-order chi connectivity index (χ1) is 14.3. The van der Waals surface area contributed by atoms with Crippen molar-refractivity contribution in [2.24, 2.45) is 0 Å². The van der Waals surface area contributed by atoms with Gasteiger partial charge in [-0.3, -0.25) is 4.79 Å². The molecule has 0 aliphatic heterocycles. The van der Waals surface area contributed by atoms with Crippen LogP contribution in [-0.4, -0.2) is 26.8 Å². The van der Waals surface area contributed by atoms with Crippen molar-refractivity contribution in [3.8, 4) is 0 Å². The number of thiophene rings is 1. The van der Waals surface area contributed by atoms with E-state index in [0.717, 1.165) is 23.0 Å². The van der Waals surface area contributed by atoms with Crippen molar-refractivity contribution < 1.29 is 22.7 Å². The Morgan fingerprint density at radius 2 is 1.73 bits per heavy atom. The van der Waals surface area contributed by atoms with E-state index in [9.17, 15) is 18.0 Å². The molecule has 1 N–H and O–H groups in total. The molecule has 0 saturated heterocycles. The minimum Gasteiger partial charge on any atom is -0.454 e. The maximum Gasteiger partial charge on any atom is 0.338 e. The van der Waals surface area contributed by atoms with E-state index in [1.165, 1.54) is 18.2 Å². The number of Topliss-reactive ketones (excluding diaryl/α,β-unsaturated/α-hetero) is 1. The SMILES string of the molecule is O=C(OCC(=O)c1ccc(Cl)s1)c1ccc(Cl)c(S(=O)(=O)NCc2ccccc2)c1. The molecule has 0 amide bonds. The summed E-state index contributed by atoms with van der Waals surface area (Å²) in [5.41, 5.74) is 0.719. The number of esters is 1. The molecule has 0 aliphatic carbocycles. The first-order valence-electron chi connectivity index (χ1n) is 8.55. The minimum atomic E-state index is -3.99. The Morgan fingerprint density at radius 1 is 1.00 bits per heavy atom. The standard InChI is InChI=1S/C20H15Cl2NO5S2/c21-15-7-6-14(20(25)28-12-16(24)17-8-9-19(22)29-17)10-18(15)30(26,27)23-11-13-4-2-1-3-5-13/h1-10,23H,11-12H2. The van der Waals surface area contributed by atoms with Gasteiger partial charge in [0.25, 0.3) is 0 Å². The molecule has 3 rings (SSSR count). The molecule has 0 atom stereocenters. The van der Waals surface area contributed by atoms with Crippen molar-refractivity contribution in [2.75, 3.05) is 6.61 Å². The third kappa shape index (κ3) is 5.68. The van der Waals surface area contributed by atoms with Crippen LogP contribution in [0.25, 0.3) is 0 Å². The predicted octanol–water partition coefficient (Wildman–Crippen LogP) is 4.57. The molecule has 1 aromatic heterocycles. The number of sulfonamides is 1. The molecule has 156 valence electrons. The topological polar surface area (TPSA) is 89.5 Å². The number of ether oxygens (including phenoxy) is 1. The summed E-state index contributed by atoms with van der Waals surface area (Å²) in [6, 6.07) is 15.8. The fraction of sp³-hybridized carbons (Fsp3) is 0.100. The second-order valence-electron chi connectivity index (χ2n) is 6.06. The lowest BCUT2D eigenvalue weighted by Crippen LogP contribution is -2.24. The Kier molecular flexibility index (Phi) is 7.27. The van der Waals surface area contributed by atoms with Crippen LogP contribution in [0.1, 0.15) is 25.6 Å². The van der Waals surface area contributed by atoms with E-state index in [1.807, 2.05) is 6.07 Å². The smallest absolute Gasteiger partial charge is 0.338 e. The number of carbonyl (C=O) groups is 2. The van der Waals surface area contributed by atoms with Gasteiger partial charge in [0.15, 0.2) is 6.61 Å². The first kappa shape index (κ1) is 22.5. The molecule has 0 unspecified atom stereocenters. The van der Waals surface area contributed by atoms with Crippen LogP contribution in [0.5, 0.6) is 0 Å². The summed E-state index contributed by atoms with van der Waals surface area (Å²) in [5, 5.41) is -0.0450. The van der Waals surface area contributed by atoms with Crippen LogP contribution in [0.2, 0.25) is 9.36 Å². The van der Waals surface area contributed by atoms with Crippen molar-refractivity contribution in [3.63, 3.8) is 0 Å². The molecule has 10 heteroatoms. The third-order valence-corrected chi connectivity index (χ3v) is 7.10. The zero-order valence-corrected chi connectivity index (χ0v) is 18.4. The molecular formula is C20H15Cl2NO5S2. The van der Waals surface area contributed by atoms with E-state index in [-0.39, 0.29) is 22.0 Å². The van der Waals surface area contributed by atoms with Gasteiger partial charge in [0.1, 0.15) is 4.90 Å². The van der Waals surface area contributed by atoms with Crippen LogP contribution in [-0.2, 0) is 21.3 Å². The monoisotopic (exact) mass is 483 g/mol. The Morgan fingerprint density at radius 3 is 2.40 bits per heavy atom. The minimum absolute atomic E-state index is 0.0449. The molecule has 0 spiro atoms. The number of rotatable bonds is 8. The lowest BCUT2D eigenvalue weighted by molar-refractivity contribution is 0.0475. The van der Waals surface area contributed by atoms with Crippen molar-refractivity contribution >= 4 is 56.3 Å². The number of hydrogen-bond acceptors (Lipinski definition) is 6. The van der Waals surface area contributed by atoms with E-state index in [4.69, 9.17) is 27.9 Å². The fourth-order valence-corrected chi connectivity index (χ4v) is 4.95. The van der Waals surface area contributed by atoms with Crippen molar-refractivity contribution in [2.45, 2.75) is 11.4 Å². The Bertz CT molecular complexity index is 1180. The molecule has 0 radical (unpaired) electrons. The highest BCUT2D eigenvalue weighted by atomic mass is 35.5. The van der Waals surface area contributed by atoms with Gasteiger partial charge in [-0.15, -0.1) is 11.3 Å². The number of benzene rings is 2. The largest absolute Gasteiger partial charge is 0.454 e. The van der Waals surface area contributed by atoms with E-state index >= 15 is 0 Å². The highest BCUT2D eigenvalue weighted by Gasteiger charge is 2.21. The zero-order chi connectivity index (χ0) is 21.7. The molecule has 0 fully saturated rings. The van der Waals surface area contributed by atoms with Crippen LogP contribution in [0.15, 0.2) is 65.6 Å². The average Bonchev–Trinajstić information content (AvgIpc) is 3.17. The van der Waals surface area contributed by atoms with Crippen LogP contribution in [0.3, 0.4) is 0 Å². The van der Waals surface area contributed by atoms with Crippen molar-refractivity contribution in [1.29, 1.82) is 0 Å². The van der Waals surface area contributed by atoms with Gasteiger partial charge >= 0.3 is 5.97 Å². The summed E-state index contributed by atoms with van der Waals surface area (Å²) in [4.78, 5) is 24.4. The molecule has 6 nitrogen and oxygen atoms in total. The number of ketones is 1. The molecule has 1 heterocycles. The molecule has 3 aromatic rings. The van der Waals surface area contributed by atoms with Gasteiger partial charge in [-0.1, -0.05) is 53.5 Å². The Hall–Kier alpha value is -2.23.